The summed E-state index contributed by atoms with van der Waals surface area (Å²) in [6, 6.07) is -0.240. The normalized spacial score (nSPS) is 40.8. The molecule has 4 rings (SSSR count). The molecule has 3 fully saturated rings. The standard InChI is InChI=1S/C20H30N4O6S/c1-9-16-15(10(2)25)19(27)23(16)17(20(28)29)18(9)31-11-6-12(22-7-11)13-4-5-24(3,30-13)8-14(21)26/h9-13,15-16,22,25H,4-8H2,1-3H3,(H2-,21,26,28,29)/t9-,10-,11+,12+,13?,15-,16-,24?/m1/s1. The van der Waals surface area contributed by atoms with Crippen LogP contribution in [-0.2, 0) is 19.2 Å². The van der Waals surface area contributed by atoms with Crippen LogP contribution in [0, 0.1) is 11.8 Å². The van der Waals surface area contributed by atoms with Crippen LogP contribution in [0.1, 0.15) is 26.7 Å². The number of likely N-dealkylation sites (N-methyl/N-ethyl adjacent to an activating group) is 1. The highest BCUT2D eigenvalue weighted by Crippen LogP contribution is 2.51. The van der Waals surface area contributed by atoms with E-state index in [-0.39, 0.29) is 52.2 Å². The first kappa shape index (κ1) is 22.5. The quantitative estimate of drug-likeness (QED) is 0.293. The summed E-state index contributed by atoms with van der Waals surface area (Å²) in [5.41, 5.74) is 5.28. The molecule has 0 aromatic carbocycles. The number of hydrogen-bond acceptors (Lipinski definition) is 8. The van der Waals surface area contributed by atoms with E-state index in [1.165, 1.54) is 16.7 Å². The van der Waals surface area contributed by atoms with E-state index in [9.17, 15) is 24.6 Å². The number of quaternary nitrogens is 1. The molecule has 3 saturated heterocycles. The van der Waals surface area contributed by atoms with E-state index in [1.807, 2.05) is 14.0 Å². The minimum Gasteiger partial charge on any atom is -0.543 e. The van der Waals surface area contributed by atoms with Gasteiger partial charge in [0.05, 0.1) is 36.8 Å². The van der Waals surface area contributed by atoms with E-state index in [2.05, 4.69) is 5.32 Å². The van der Waals surface area contributed by atoms with Crippen LogP contribution in [0.5, 0.6) is 0 Å². The van der Waals surface area contributed by atoms with Crippen LogP contribution in [0.15, 0.2) is 10.6 Å². The van der Waals surface area contributed by atoms with E-state index in [4.69, 9.17) is 10.6 Å². The van der Waals surface area contributed by atoms with Crippen molar-refractivity contribution in [1.29, 1.82) is 0 Å². The number of primary amides is 1. The number of aliphatic hydroxyl groups excluding tert-OH is 1. The van der Waals surface area contributed by atoms with Crippen molar-refractivity contribution in [3.05, 3.63) is 10.6 Å². The highest BCUT2D eigenvalue weighted by Gasteiger charge is 2.59. The number of carboxylic acids is 1. The van der Waals surface area contributed by atoms with Gasteiger partial charge in [-0.2, -0.15) is 9.48 Å². The number of amides is 2. The third-order valence-electron chi connectivity index (χ3n) is 6.94. The van der Waals surface area contributed by atoms with Crippen molar-refractivity contribution < 1.29 is 34.1 Å². The van der Waals surface area contributed by atoms with E-state index in [0.29, 0.717) is 18.0 Å². The predicted octanol–water partition coefficient (Wildman–Crippen LogP) is -2.10. The van der Waals surface area contributed by atoms with Gasteiger partial charge in [0.1, 0.15) is 12.6 Å². The number of carbonyl (C=O) groups excluding carboxylic acids is 3. The van der Waals surface area contributed by atoms with Crippen LogP contribution in [0.2, 0.25) is 0 Å². The molecule has 0 radical (unpaired) electrons. The lowest BCUT2D eigenvalue weighted by Gasteiger charge is -2.47. The average Bonchev–Trinajstić information content (AvgIpc) is 3.32. The molecular weight excluding hydrogens is 424 g/mol. The Morgan fingerprint density at radius 1 is 1.48 bits per heavy atom. The van der Waals surface area contributed by atoms with E-state index >= 15 is 0 Å². The topological polar surface area (TPSA) is 145 Å². The number of hydrogen-bond donors (Lipinski definition) is 3. The number of carboxylic acid groups (broad SMARTS) is 1. The summed E-state index contributed by atoms with van der Waals surface area (Å²) in [7, 11) is 1.85. The van der Waals surface area contributed by atoms with E-state index in [1.54, 1.807) is 6.92 Å². The first-order valence-electron chi connectivity index (χ1n) is 10.7. The summed E-state index contributed by atoms with van der Waals surface area (Å²) >= 11 is 1.48. The predicted molar refractivity (Wildman–Crippen MR) is 109 cm³/mol. The van der Waals surface area contributed by atoms with E-state index in [0.717, 1.165) is 12.8 Å². The molecule has 11 heteroatoms. The molecule has 4 aliphatic rings. The number of fused-ring (bicyclic) bond motifs is 1. The molecule has 0 aliphatic carbocycles. The molecule has 4 heterocycles. The monoisotopic (exact) mass is 454 g/mol. The summed E-state index contributed by atoms with van der Waals surface area (Å²) < 4.78 is 0.173. The summed E-state index contributed by atoms with van der Waals surface area (Å²) in [5.74, 6) is -2.86. The molecule has 8 atom stereocenters. The van der Waals surface area contributed by atoms with Crippen LogP contribution in [0.4, 0.5) is 0 Å². The maximum atomic E-state index is 12.5. The van der Waals surface area contributed by atoms with Crippen molar-refractivity contribution in [2.45, 2.75) is 56.2 Å². The zero-order valence-corrected chi connectivity index (χ0v) is 18.8. The zero-order chi connectivity index (χ0) is 22.7. The lowest BCUT2D eigenvalue weighted by atomic mass is 9.79. The number of aliphatic carboxylic acids is 1. The Kier molecular flexibility index (Phi) is 5.84. The maximum absolute atomic E-state index is 12.5. The molecule has 4 aliphatic heterocycles. The van der Waals surface area contributed by atoms with Crippen LogP contribution in [0.3, 0.4) is 0 Å². The Morgan fingerprint density at radius 2 is 2.19 bits per heavy atom. The zero-order valence-electron chi connectivity index (χ0n) is 17.9. The van der Waals surface area contributed by atoms with Crippen molar-refractivity contribution >= 4 is 29.5 Å². The fourth-order valence-electron chi connectivity index (χ4n) is 5.51. The van der Waals surface area contributed by atoms with Crippen molar-refractivity contribution in [3.63, 3.8) is 0 Å². The summed E-state index contributed by atoms with van der Waals surface area (Å²) in [6.07, 6.45) is 0.712. The third kappa shape index (κ3) is 3.86. The number of nitrogens with one attached hydrogen (secondary N) is 1. The van der Waals surface area contributed by atoms with Crippen molar-refractivity contribution in [2.24, 2.45) is 17.6 Å². The van der Waals surface area contributed by atoms with Crippen molar-refractivity contribution in [3.8, 4) is 0 Å². The highest BCUT2D eigenvalue weighted by atomic mass is 32.2. The molecule has 2 amide bonds. The van der Waals surface area contributed by atoms with Crippen molar-refractivity contribution in [1.82, 2.24) is 10.2 Å². The van der Waals surface area contributed by atoms with Gasteiger partial charge in [-0.3, -0.25) is 9.59 Å². The molecule has 0 aromatic heterocycles. The van der Waals surface area contributed by atoms with E-state index < -0.39 is 23.9 Å². The van der Waals surface area contributed by atoms with Gasteiger partial charge in [0, 0.05) is 35.1 Å². The Bertz CT molecular complexity index is 834. The largest absolute Gasteiger partial charge is 0.543 e. The minimum atomic E-state index is -1.35. The number of aliphatic hydroxyl groups is 1. The number of β-lactam (4-membered cyclic amide) rings is 1. The molecule has 172 valence electrons. The van der Waals surface area contributed by atoms with Crippen LogP contribution in [-0.4, -0.2) is 88.7 Å². The van der Waals surface area contributed by atoms with Crippen LogP contribution < -0.4 is 16.2 Å². The van der Waals surface area contributed by atoms with Crippen LogP contribution >= 0.6 is 11.8 Å². The number of nitrogens with two attached hydrogens (primary N) is 1. The van der Waals surface area contributed by atoms with Gasteiger partial charge < -0.3 is 31.0 Å². The van der Waals surface area contributed by atoms with Gasteiger partial charge in [-0.25, -0.2) is 0 Å². The molecule has 4 N–H and O–H groups in total. The molecule has 10 nitrogen and oxygen atoms in total. The molecule has 0 saturated carbocycles. The number of thioether (sulfide) groups is 1. The van der Waals surface area contributed by atoms with Gasteiger partial charge in [0.15, 0.2) is 6.54 Å². The van der Waals surface area contributed by atoms with Crippen molar-refractivity contribution in [2.75, 3.05) is 26.7 Å². The average molecular weight is 455 g/mol. The molecule has 0 bridgehead atoms. The first-order chi connectivity index (χ1) is 14.5. The fraction of sp³-hybridized carbons (Fsp3) is 0.750. The highest BCUT2D eigenvalue weighted by molar-refractivity contribution is 8.03. The Labute approximate surface area is 185 Å². The number of carbonyl (C=O) groups is 3. The molecule has 0 aromatic rings. The molecule has 31 heavy (non-hydrogen) atoms. The number of nitrogens with zero attached hydrogens (tertiary/aromatic N) is 2. The van der Waals surface area contributed by atoms with Gasteiger partial charge in [-0.05, 0) is 13.3 Å². The SMILES string of the molecule is C[C@@H](O)[C@H]1C(=O)N2C(C(=O)[O-])=C(S[C@@H]3CN[C@H](C4CC[N+](C)(CC(N)=O)O4)C3)[C@H](C)[C@H]12. The van der Waals surface area contributed by atoms with Gasteiger partial charge in [0.25, 0.3) is 5.91 Å². The first-order valence-corrected chi connectivity index (χ1v) is 11.6. The third-order valence-corrected chi connectivity index (χ3v) is 8.45. The number of rotatable bonds is 7. The Morgan fingerprint density at radius 3 is 2.81 bits per heavy atom. The Hall–Kier alpha value is -1.66. The van der Waals surface area contributed by atoms with Gasteiger partial charge in [-0.15, -0.1) is 11.8 Å². The van der Waals surface area contributed by atoms with Crippen LogP contribution in [0.25, 0.3) is 0 Å². The molecular formula is C20H30N4O6S. The summed E-state index contributed by atoms with van der Waals surface area (Å²) in [5, 5.41) is 25.4. The number of hydroxylamine groups is 3. The summed E-state index contributed by atoms with van der Waals surface area (Å²) in [6.45, 7) is 5.00. The second-order valence-corrected chi connectivity index (χ2v) is 10.7. The van der Waals surface area contributed by atoms with Gasteiger partial charge in [0.2, 0.25) is 5.91 Å². The molecule has 2 unspecified atom stereocenters. The maximum Gasteiger partial charge on any atom is 0.275 e. The Balaban J connectivity index is 1.43. The smallest absolute Gasteiger partial charge is 0.275 e. The fourth-order valence-corrected chi connectivity index (χ4v) is 7.00. The minimum absolute atomic E-state index is 0.0457. The van der Waals surface area contributed by atoms with Gasteiger partial charge >= 0.3 is 0 Å². The lowest BCUT2D eigenvalue weighted by molar-refractivity contribution is -1.07. The second-order valence-electron chi connectivity index (χ2n) is 9.32. The van der Waals surface area contributed by atoms with Gasteiger partial charge in [-0.1, -0.05) is 6.92 Å². The summed E-state index contributed by atoms with van der Waals surface area (Å²) in [4.78, 5) is 43.7. The second kappa shape index (κ2) is 8.04. The lowest BCUT2D eigenvalue weighted by Crippen LogP contribution is -2.64. The molecule has 0 spiro atoms.